The highest BCUT2D eigenvalue weighted by Crippen LogP contribution is 2.27. The van der Waals surface area contributed by atoms with E-state index in [9.17, 15) is 4.79 Å². The Kier molecular flexibility index (Phi) is 6.19. The highest BCUT2D eigenvalue weighted by Gasteiger charge is 2.26. The molecule has 1 saturated carbocycles. The van der Waals surface area contributed by atoms with Crippen LogP contribution in [-0.4, -0.2) is 41.4 Å². The molecule has 24 heavy (non-hydrogen) atoms. The number of carbonyl (C=O) groups excluding carboxylic acids is 1. The molecule has 1 aliphatic carbocycles. The minimum absolute atomic E-state index is 0.104. The van der Waals surface area contributed by atoms with Crippen LogP contribution in [0.3, 0.4) is 0 Å². The second kappa shape index (κ2) is 8.37. The van der Waals surface area contributed by atoms with E-state index in [1.54, 1.807) is 0 Å². The quantitative estimate of drug-likeness (QED) is 0.860. The van der Waals surface area contributed by atoms with Gasteiger partial charge in [-0.15, -0.1) is 0 Å². The van der Waals surface area contributed by atoms with E-state index in [0.717, 1.165) is 50.1 Å². The number of carbonyl (C=O) groups is 1. The highest BCUT2D eigenvalue weighted by molar-refractivity contribution is 7.99. The van der Waals surface area contributed by atoms with Crippen LogP contribution >= 0.6 is 11.8 Å². The average molecular weight is 348 g/mol. The first kappa shape index (κ1) is 17.8. The van der Waals surface area contributed by atoms with Crippen LogP contribution < -0.4 is 11.1 Å². The van der Waals surface area contributed by atoms with Crippen molar-refractivity contribution in [2.24, 2.45) is 11.7 Å². The predicted molar refractivity (Wildman–Crippen MR) is 102 cm³/mol. The molecule has 5 heteroatoms. The number of benzene rings is 1. The molecular weight excluding hydrogens is 318 g/mol. The van der Waals surface area contributed by atoms with Gasteiger partial charge in [0.25, 0.3) is 0 Å². The molecular formula is C19H29N3OS. The summed E-state index contributed by atoms with van der Waals surface area (Å²) in [5, 5.41) is 3.12. The molecule has 0 unspecified atom stereocenters. The smallest absolute Gasteiger partial charge is 0.224 e. The summed E-state index contributed by atoms with van der Waals surface area (Å²) in [6, 6.07) is 6.63. The van der Waals surface area contributed by atoms with Crippen molar-refractivity contribution in [3.05, 3.63) is 29.3 Å². The number of hydrogen-bond donors (Lipinski definition) is 2. The SMILES string of the molecule is Cc1ccc(CN2CCSCC2)cc1NC(=O)C[C@@H]1CCC[C@H]1N. The topological polar surface area (TPSA) is 58.4 Å². The number of amides is 1. The van der Waals surface area contributed by atoms with Gasteiger partial charge in [0.15, 0.2) is 0 Å². The Hall–Kier alpha value is -1.04. The van der Waals surface area contributed by atoms with Crippen LogP contribution in [0.15, 0.2) is 18.2 Å². The first-order valence-corrected chi connectivity index (χ1v) is 10.2. The molecule has 1 amide bonds. The number of nitrogens with two attached hydrogens (primary N) is 1. The number of thioether (sulfide) groups is 1. The second-order valence-electron chi connectivity index (χ2n) is 7.14. The number of nitrogens with zero attached hydrogens (tertiary/aromatic N) is 1. The molecule has 0 bridgehead atoms. The van der Waals surface area contributed by atoms with Crippen LogP contribution in [0.5, 0.6) is 0 Å². The molecule has 1 saturated heterocycles. The lowest BCUT2D eigenvalue weighted by Gasteiger charge is -2.26. The molecule has 0 aromatic heterocycles. The second-order valence-corrected chi connectivity index (χ2v) is 8.37. The maximum atomic E-state index is 12.4. The van der Waals surface area contributed by atoms with Crippen molar-refractivity contribution < 1.29 is 4.79 Å². The number of nitrogens with one attached hydrogen (secondary N) is 1. The normalized spacial score (nSPS) is 24.9. The third-order valence-corrected chi connectivity index (χ3v) is 6.19. The van der Waals surface area contributed by atoms with E-state index in [-0.39, 0.29) is 11.9 Å². The fourth-order valence-corrected chi connectivity index (χ4v) is 4.66. The monoisotopic (exact) mass is 347 g/mol. The summed E-state index contributed by atoms with van der Waals surface area (Å²) in [7, 11) is 0. The van der Waals surface area contributed by atoms with Gasteiger partial charge in [-0.1, -0.05) is 18.6 Å². The summed E-state index contributed by atoms with van der Waals surface area (Å²) in [4.78, 5) is 14.9. The first-order valence-electron chi connectivity index (χ1n) is 9.07. The molecule has 1 aromatic rings. The molecule has 2 aliphatic rings. The Morgan fingerprint density at radius 1 is 1.33 bits per heavy atom. The minimum Gasteiger partial charge on any atom is -0.327 e. The molecule has 4 nitrogen and oxygen atoms in total. The summed E-state index contributed by atoms with van der Waals surface area (Å²) in [5.41, 5.74) is 9.45. The van der Waals surface area contributed by atoms with Crippen LogP contribution in [0, 0.1) is 12.8 Å². The number of hydrogen-bond acceptors (Lipinski definition) is 4. The van der Waals surface area contributed by atoms with E-state index in [4.69, 9.17) is 5.73 Å². The fraction of sp³-hybridized carbons (Fsp3) is 0.632. The summed E-state index contributed by atoms with van der Waals surface area (Å²) >= 11 is 2.03. The van der Waals surface area contributed by atoms with E-state index in [2.05, 4.69) is 35.3 Å². The summed E-state index contributed by atoms with van der Waals surface area (Å²) < 4.78 is 0. The van der Waals surface area contributed by atoms with Crippen molar-refractivity contribution in [3.63, 3.8) is 0 Å². The number of anilines is 1. The van der Waals surface area contributed by atoms with Crippen molar-refractivity contribution >= 4 is 23.4 Å². The van der Waals surface area contributed by atoms with E-state index >= 15 is 0 Å². The van der Waals surface area contributed by atoms with Crippen molar-refractivity contribution in [3.8, 4) is 0 Å². The molecule has 1 aromatic carbocycles. The highest BCUT2D eigenvalue weighted by atomic mass is 32.2. The summed E-state index contributed by atoms with van der Waals surface area (Å²) in [6.07, 6.45) is 3.84. The van der Waals surface area contributed by atoms with Gasteiger partial charge < -0.3 is 11.1 Å². The van der Waals surface area contributed by atoms with E-state index < -0.39 is 0 Å². The van der Waals surface area contributed by atoms with Gasteiger partial charge in [0.1, 0.15) is 0 Å². The summed E-state index contributed by atoms with van der Waals surface area (Å²) in [5.74, 6) is 2.89. The van der Waals surface area contributed by atoms with Gasteiger partial charge in [0, 0.05) is 49.3 Å². The van der Waals surface area contributed by atoms with E-state index in [0.29, 0.717) is 12.3 Å². The third-order valence-electron chi connectivity index (χ3n) is 5.25. The molecule has 3 N–H and O–H groups in total. The largest absolute Gasteiger partial charge is 0.327 e. The molecule has 2 atom stereocenters. The van der Waals surface area contributed by atoms with Crippen LogP contribution in [0.25, 0.3) is 0 Å². The minimum atomic E-state index is 0.104. The predicted octanol–water partition coefficient (Wildman–Crippen LogP) is 3.00. The zero-order valence-corrected chi connectivity index (χ0v) is 15.4. The van der Waals surface area contributed by atoms with E-state index in [1.165, 1.54) is 17.1 Å². The lowest BCUT2D eigenvalue weighted by atomic mass is 9.99. The number of rotatable bonds is 5. The molecule has 132 valence electrons. The molecule has 3 rings (SSSR count). The first-order chi connectivity index (χ1) is 11.6. The lowest BCUT2D eigenvalue weighted by Crippen LogP contribution is -2.32. The van der Waals surface area contributed by atoms with Crippen molar-refractivity contribution in [1.82, 2.24) is 4.90 Å². The fourth-order valence-electron chi connectivity index (χ4n) is 3.68. The molecule has 2 fully saturated rings. The van der Waals surface area contributed by atoms with Crippen molar-refractivity contribution in [2.75, 3.05) is 29.9 Å². The Morgan fingerprint density at radius 2 is 2.12 bits per heavy atom. The lowest BCUT2D eigenvalue weighted by molar-refractivity contribution is -0.117. The molecule has 0 radical (unpaired) electrons. The van der Waals surface area contributed by atoms with Gasteiger partial charge in [-0.05, 0) is 42.9 Å². The van der Waals surface area contributed by atoms with Crippen LogP contribution in [-0.2, 0) is 11.3 Å². The van der Waals surface area contributed by atoms with Gasteiger partial charge in [-0.25, -0.2) is 0 Å². The maximum absolute atomic E-state index is 12.4. The summed E-state index contributed by atoms with van der Waals surface area (Å²) in [6.45, 7) is 5.33. The number of aryl methyl sites for hydroxylation is 1. The Morgan fingerprint density at radius 3 is 2.83 bits per heavy atom. The zero-order chi connectivity index (χ0) is 16.9. The van der Waals surface area contributed by atoms with Crippen molar-refractivity contribution in [2.45, 2.75) is 45.2 Å². The van der Waals surface area contributed by atoms with Crippen LogP contribution in [0.1, 0.15) is 36.8 Å². The Labute approximate surface area is 149 Å². The van der Waals surface area contributed by atoms with Crippen LogP contribution in [0.4, 0.5) is 5.69 Å². The standard InChI is InChI=1S/C19H29N3OS/c1-14-5-6-15(13-22-7-9-24-10-8-22)11-18(14)21-19(23)12-16-3-2-4-17(16)20/h5-6,11,16-17H,2-4,7-10,12-13,20H2,1H3,(H,21,23)/t16-,17+/m0/s1. The molecule has 0 spiro atoms. The van der Waals surface area contributed by atoms with E-state index in [1.807, 2.05) is 11.8 Å². The molecule has 1 heterocycles. The van der Waals surface area contributed by atoms with Gasteiger partial charge in [0.2, 0.25) is 5.91 Å². The average Bonchev–Trinajstić information content (AvgIpc) is 2.96. The van der Waals surface area contributed by atoms with Crippen molar-refractivity contribution in [1.29, 1.82) is 0 Å². The Balaban J connectivity index is 1.59. The van der Waals surface area contributed by atoms with Gasteiger partial charge in [0.05, 0.1) is 0 Å². The van der Waals surface area contributed by atoms with Crippen LogP contribution in [0.2, 0.25) is 0 Å². The molecule has 1 aliphatic heterocycles. The van der Waals surface area contributed by atoms with Gasteiger partial charge in [-0.2, -0.15) is 11.8 Å². The van der Waals surface area contributed by atoms with Gasteiger partial charge in [-0.3, -0.25) is 9.69 Å². The third kappa shape index (κ3) is 4.74. The Bertz CT molecular complexity index is 572. The zero-order valence-electron chi connectivity index (χ0n) is 14.6. The van der Waals surface area contributed by atoms with Gasteiger partial charge >= 0.3 is 0 Å². The maximum Gasteiger partial charge on any atom is 0.224 e.